The first-order valence-electron chi connectivity index (χ1n) is 8.51. The van der Waals surface area contributed by atoms with Gasteiger partial charge in [0.05, 0.1) is 16.7 Å². The number of nitrogens with two attached hydrogens (primary N) is 1. The van der Waals surface area contributed by atoms with Gasteiger partial charge in [0.25, 0.3) is 0 Å². The maximum atomic E-state index is 6.06. The zero-order valence-electron chi connectivity index (χ0n) is 14.0. The molecule has 25 heavy (non-hydrogen) atoms. The van der Waals surface area contributed by atoms with E-state index in [2.05, 4.69) is 72.0 Å². The number of fused-ring (bicyclic) bond motifs is 5. The van der Waals surface area contributed by atoms with Crippen molar-refractivity contribution < 1.29 is 0 Å². The summed E-state index contributed by atoms with van der Waals surface area (Å²) in [5, 5.41) is 3.83. The normalized spacial score (nSPS) is 11.6. The van der Waals surface area contributed by atoms with E-state index in [1.807, 2.05) is 18.2 Å². The molecule has 3 aromatic carbocycles. The van der Waals surface area contributed by atoms with Crippen LogP contribution in [0.5, 0.6) is 0 Å². The van der Waals surface area contributed by atoms with Crippen molar-refractivity contribution in [3.8, 4) is 11.3 Å². The molecule has 0 atom stereocenters. The lowest BCUT2D eigenvalue weighted by atomic mass is 10.0. The highest BCUT2D eigenvalue weighted by Gasteiger charge is 2.15. The van der Waals surface area contributed by atoms with E-state index in [0.717, 1.165) is 11.3 Å². The molecule has 0 aliphatic heterocycles. The van der Waals surface area contributed by atoms with Crippen LogP contribution in [0.1, 0.15) is 5.56 Å². The number of aryl methyl sites for hydroxylation is 1. The highest BCUT2D eigenvalue weighted by molar-refractivity contribution is 6.07. The Morgan fingerprint density at radius 3 is 2.36 bits per heavy atom. The van der Waals surface area contributed by atoms with Gasteiger partial charge in [-0.15, -0.1) is 0 Å². The molecule has 5 rings (SSSR count). The number of nitrogens with zero attached hydrogens (tertiary/aromatic N) is 1. The predicted octanol–water partition coefficient (Wildman–Crippen LogP) is 5.80. The summed E-state index contributed by atoms with van der Waals surface area (Å²) in [6.07, 6.45) is 0. The molecule has 0 unspecified atom stereocenters. The molecule has 0 bridgehead atoms. The quantitative estimate of drug-likeness (QED) is 0.388. The average molecular weight is 322 g/mol. The fraction of sp³-hybridized carbons (Fsp3) is 0.0435. The molecule has 2 heteroatoms. The van der Waals surface area contributed by atoms with Crippen molar-refractivity contribution in [3.63, 3.8) is 0 Å². The summed E-state index contributed by atoms with van der Waals surface area (Å²) >= 11 is 0. The van der Waals surface area contributed by atoms with Crippen LogP contribution in [0.4, 0.5) is 5.69 Å². The van der Waals surface area contributed by atoms with Gasteiger partial charge in [-0.2, -0.15) is 0 Å². The van der Waals surface area contributed by atoms with E-state index in [9.17, 15) is 0 Å². The van der Waals surface area contributed by atoms with Crippen LogP contribution in [0.3, 0.4) is 0 Å². The molecule has 120 valence electrons. The predicted molar refractivity (Wildman–Crippen MR) is 107 cm³/mol. The summed E-state index contributed by atoms with van der Waals surface area (Å²) in [5.74, 6) is 0. The third-order valence-corrected chi connectivity index (χ3v) is 5.06. The molecule has 2 nitrogen and oxygen atoms in total. The fourth-order valence-electron chi connectivity index (χ4n) is 3.93. The number of aromatic nitrogens is 1. The molecular weight excluding hydrogens is 304 g/mol. The topological polar surface area (TPSA) is 30.4 Å². The lowest BCUT2D eigenvalue weighted by Gasteiger charge is -2.12. The van der Waals surface area contributed by atoms with Crippen LogP contribution in [-0.4, -0.2) is 4.40 Å². The summed E-state index contributed by atoms with van der Waals surface area (Å²) in [7, 11) is 0. The van der Waals surface area contributed by atoms with E-state index in [1.165, 1.54) is 38.4 Å². The van der Waals surface area contributed by atoms with Crippen molar-refractivity contribution in [2.24, 2.45) is 0 Å². The number of pyridine rings is 1. The largest absolute Gasteiger partial charge is 0.399 e. The molecule has 0 spiro atoms. The van der Waals surface area contributed by atoms with Gasteiger partial charge in [0.15, 0.2) is 0 Å². The minimum absolute atomic E-state index is 0.784. The fourth-order valence-corrected chi connectivity index (χ4v) is 3.93. The number of para-hydroxylation sites is 1. The van der Waals surface area contributed by atoms with Crippen molar-refractivity contribution >= 4 is 32.9 Å². The third-order valence-electron chi connectivity index (χ3n) is 5.06. The standard InChI is InChI=1S/C23H18N2/c1-15-19-10-4-5-12-21(19)25-22(17-8-6-9-18(24)13-17)14-16-7-2-3-11-20(16)23(15)25/h2-14H,24H2,1H3. The Balaban J connectivity index is 2.08. The van der Waals surface area contributed by atoms with Crippen molar-refractivity contribution in [2.45, 2.75) is 6.92 Å². The molecule has 0 saturated carbocycles. The highest BCUT2D eigenvalue weighted by Crippen LogP contribution is 2.36. The number of benzene rings is 3. The summed E-state index contributed by atoms with van der Waals surface area (Å²) in [6, 6.07) is 27.6. The summed E-state index contributed by atoms with van der Waals surface area (Å²) < 4.78 is 2.38. The highest BCUT2D eigenvalue weighted by atomic mass is 14.9. The average Bonchev–Trinajstić information content (AvgIpc) is 2.95. The van der Waals surface area contributed by atoms with Crippen LogP contribution >= 0.6 is 0 Å². The third kappa shape index (κ3) is 1.97. The van der Waals surface area contributed by atoms with Crippen LogP contribution in [0.15, 0.2) is 78.9 Å². The van der Waals surface area contributed by atoms with Crippen molar-refractivity contribution in [1.82, 2.24) is 4.40 Å². The number of rotatable bonds is 1. The van der Waals surface area contributed by atoms with E-state index in [4.69, 9.17) is 5.73 Å². The van der Waals surface area contributed by atoms with Gasteiger partial charge in [0.2, 0.25) is 0 Å². The lowest BCUT2D eigenvalue weighted by Crippen LogP contribution is -1.94. The Hall–Kier alpha value is -3.26. The van der Waals surface area contributed by atoms with Gasteiger partial charge < -0.3 is 10.1 Å². The smallest absolute Gasteiger partial charge is 0.0576 e. The summed E-state index contributed by atoms with van der Waals surface area (Å²) in [6.45, 7) is 2.22. The first-order valence-corrected chi connectivity index (χ1v) is 8.51. The molecule has 2 N–H and O–H groups in total. The molecule has 2 aromatic heterocycles. The van der Waals surface area contributed by atoms with Crippen molar-refractivity contribution in [1.29, 1.82) is 0 Å². The van der Waals surface area contributed by atoms with Crippen LogP contribution in [0.2, 0.25) is 0 Å². The number of anilines is 1. The maximum Gasteiger partial charge on any atom is 0.0576 e. The first kappa shape index (κ1) is 14.1. The monoisotopic (exact) mass is 322 g/mol. The Labute approximate surface area is 146 Å². The summed E-state index contributed by atoms with van der Waals surface area (Å²) in [4.78, 5) is 0. The zero-order chi connectivity index (χ0) is 17.0. The lowest BCUT2D eigenvalue weighted by molar-refractivity contribution is 1.26. The minimum atomic E-state index is 0.784. The second-order valence-electron chi connectivity index (χ2n) is 6.57. The molecule has 0 aliphatic carbocycles. The van der Waals surface area contributed by atoms with Gasteiger partial charge in [0, 0.05) is 22.0 Å². The van der Waals surface area contributed by atoms with Gasteiger partial charge in [0.1, 0.15) is 0 Å². The summed E-state index contributed by atoms with van der Waals surface area (Å²) in [5.41, 5.74) is 13.0. The van der Waals surface area contributed by atoms with Crippen LogP contribution in [-0.2, 0) is 0 Å². The van der Waals surface area contributed by atoms with Gasteiger partial charge >= 0.3 is 0 Å². The van der Waals surface area contributed by atoms with E-state index in [1.54, 1.807) is 0 Å². The maximum absolute atomic E-state index is 6.06. The molecule has 2 heterocycles. The van der Waals surface area contributed by atoms with Crippen molar-refractivity contribution in [3.05, 3.63) is 84.4 Å². The van der Waals surface area contributed by atoms with Gasteiger partial charge in [-0.05, 0) is 42.1 Å². The molecular formula is C23H18N2. The number of hydrogen-bond acceptors (Lipinski definition) is 1. The molecule has 0 amide bonds. The van der Waals surface area contributed by atoms with E-state index in [0.29, 0.717) is 0 Å². The Morgan fingerprint density at radius 1 is 0.760 bits per heavy atom. The van der Waals surface area contributed by atoms with Crippen LogP contribution in [0, 0.1) is 6.92 Å². The van der Waals surface area contributed by atoms with E-state index < -0.39 is 0 Å². The molecule has 5 aromatic rings. The molecule has 0 aliphatic rings. The van der Waals surface area contributed by atoms with E-state index in [-0.39, 0.29) is 0 Å². The second kappa shape index (κ2) is 5.12. The number of nitrogen functional groups attached to an aromatic ring is 1. The molecule has 0 saturated heterocycles. The first-order chi connectivity index (χ1) is 12.2. The second-order valence-corrected chi connectivity index (χ2v) is 6.57. The Morgan fingerprint density at radius 2 is 1.52 bits per heavy atom. The van der Waals surface area contributed by atoms with Crippen LogP contribution < -0.4 is 5.73 Å². The zero-order valence-corrected chi connectivity index (χ0v) is 14.0. The Bertz CT molecular complexity index is 1260. The van der Waals surface area contributed by atoms with Crippen molar-refractivity contribution in [2.75, 3.05) is 5.73 Å². The van der Waals surface area contributed by atoms with E-state index >= 15 is 0 Å². The van der Waals surface area contributed by atoms with Gasteiger partial charge in [-0.1, -0.05) is 54.6 Å². The van der Waals surface area contributed by atoms with Crippen LogP contribution in [0.25, 0.3) is 38.4 Å². The Kier molecular flexibility index (Phi) is 2.89. The van der Waals surface area contributed by atoms with Gasteiger partial charge in [-0.3, -0.25) is 0 Å². The molecule has 0 radical (unpaired) electrons. The van der Waals surface area contributed by atoms with Gasteiger partial charge in [-0.25, -0.2) is 0 Å². The molecule has 0 fully saturated rings. The SMILES string of the molecule is Cc1c2ccccc2n2c(-c3cccc(N)c3)cc3ccccc3c12. The number of hydrogen-bond donors (Lipinski definition) is 1. The minimum Gasteiger partial charge on any atom is -0.399 e.